The lowest BCUT2D eigenvalue weighted by atomic mass is 10.1. The van der Waals surface area contributed by atoms with E-state index in [0.29, 0.717) is 0 Å². The van der Waals surface area contributed by atoms with Crippen molar-refractivity contribution in [2.75, 3.05) is 0 Å². The van der Waals surface area contributed by atoms with Crippen molar-refractivity contribution in [3.05, 3.63) is 22.4 Å². The number of unbranched alkanes of at least 4 members (excludes halogenated alkanes) is 6. The van der Waals surface area contributed by atoms with E-state index in [1.54, 1.807) is 11.3 Å². The van der Waals surface area contributed by atoms with Crippen LogP contribution in [0, 0.1) is 5.38 Å². The monoisotopic (exact) mass is 209 g/mol. The molecule has 79 valence electrons. The van der Waals surface area contributed by atoms with E-state index in [1.807, 2.05) is 0 Å². The zero-order valence-electron chi connectivity index (χ0n) is 9.22. The smallest absolute Gasteiger partial charge is 0.0477 e. The maximum absolute atomic E-state index is 3.29. The van der Waals surface area contributed by atoms with Gasteiger partial charge in [-0.1, -0.05) is 45.4 Å². The Bertz CT molecular complexity index is 201. The van der Waals surface area contributed by atoms with E-state index in [2.05, 4.69) is 23.8 Å². The van der Waals surface area contributed by atoms with Crippen LogP contribution in [0.3, 0.4) is 0 Å². The van der Waals surface area contributed by atoms with E-state index in [-0.39, 0.29) is 0 Å². The normalized spacial score (nSPS) is 10.6. The fourth-order valence-corrected chi connectivity index (χ4v) is 2.29. The SMILES string of the molecule is CCCCCCCCCc1[c]scc1. The molecule has 0 saturated heterocycles. The third kappa shape index (κ3) is 5.43. The standard InChI is InChI=1S/C13H21S/c1-2-3-4-5-6-7-8-9-13-10-11-14-12-13/h10-11H,2-9H2,1H3. The van der Waals surface area contributed by atoms with Crippen LogP contribution in [-0.4, -0.2) is 0 Å². The molecule has 0 amide bonds. The third-order valence-corrected chi connectivity index (χ3v) is 3.23. The van der Waals surface area contributed by atoms with Crippen LogP contribution in [0.15, 0.2) is 11.4 Å². The molecule has 0 bridgehead atoms. The fraction of sp³-hybridized carbons (Fsp3) is 0.692. The van der Waals surface area contributed by atoms with Crippen molar-refractivity contribution in [3.8, 4) is 0 Å². The van der Waals surface area contributed by atoms with Crippen molar-refractivity contribution in [1.82, 2.24) is 0 Å². The first-order valence-corrected chi connectivity index (χ1v) is 6.75. The molecule has 0 aromatic carbocycles. The highest BCUT2D eigenvalue weighted by Gasteiger charge is 1.94. The van der Waals surface area contributed by atoms with Gasteiger partial charge >= 0.3 is 0 Å². The van der Waals surface area contributed by atoms with Gasteiger partial charge in [-0.2, -0.15) is 0 Å². The summed E-state index contributed by atoms with van der Waals surface area (Å²) in [5.41, 5.74) is 1.41. The Kier molecular flexibility index (Phi) is 6.77. The third-order valence-electron chi connectivity index (χ3n) is 2.58. The Balaban J connectivity index is 1.85. The number of hydrogen-bond acceptors (Lipinski definition) is 1. The minimum atomic E-state index is 1.23. The first-order chi connectivity index (χ1) is 6.93. The summed E-state index contributed by atoms with van der Waals surface area (Å²) in [6, 6.07) is 2.20. The second-order valence-corrected chi connectivity index (χ2v) is 4.63. The molecular weight excluding hydrogens is 188 g/mol. The Morgan fingerprint density at radius 1 is 1.07 bits per heavy atom. The summed E-state index contributed by atoms with van der Waals surface area (Å²) < 4.78 is 0. The summed E-state index contributed by atoms with van der Waals surface area (Å²) in [7, 11) is 0. The van der Waals surface area contributed by atoms with Gasteiger partial charge in [0.05, 0.1) is 0 Å². The molecule has 0 aliphatic heterocycles. The molecule has 0 N–H and O–H groups in total. The molecule has 1 radical (unpaired) electrons. The maximum atomic E-state index is 3.29. The lowest BCUT2D eigenvalue weighted by Gasteiger charge is -1.99. The lowest BCUT2D eigenvalue weighted by molar-refractivity contribution is 0.589. The maximum Gasteiger partial charge on any atom is 0.0477 e. The van der Waals surface area contributed by atoms with Crippen LogP contribution in [0.2, 0.25) is 0 Å². The molecule has 1 heterocycles. The van der Waals surface area contributed by atoms with Gasteiger partial charge in [-0.15, -0.1) is 11.3 Å². The molecule has 0 atom stereocenters. The molecule has 1 aromatic rings. The zero-order chi connectivity index (χ0) is 10.1. The van der Waals surface area contributed by atoms with Crippen LogP contribution < -0.4 is 0 Å². The van der Waals surface area contributed by atoms with E-state index in [0.717, 1.165) is 0 Å². The van der Waals surface area contributed by atoms with Gasteiger partial charge in [-0.05, 0) is 29.9 Å². The first-order valence-electron chi connectivity index (χ1n) is 5.87. The van der Waals surface area contributed by atoms with Gasteiger partial charge < -0.3 is 0 Å². The van der Waals surface area contributed by atoms with E-state index in [4.69, 9.17) is 0 Å². The Labute approximate surface area is 92.4 Å². The molecule has 0 aliphatic rings. The second kappa shape index (κ2) is 8.05. The van der Waals surface area contributed by atoms with Crippen molar-refractivity contribution < 1.29 is 0 Å². The van der Waals surface area contributed by atoms with E-state index >= 15 is 0 Å². The van der Waals surface area contributed by atoms with Crippen LogP contribution in [0.4, 0.5) is 0 Å². The average molecular weight is 209 g/mol. The molecule has 0 unspecified atom stereocenters. The van der Waals surface area contributed by atoms with Crippen LogP contribution >= 0.6 is 11.3 Å². The van der Waals surface area contributed by atoms with Crippen LogP contribution in [0.1, 0.15) is 57.4 Å². The number of hydrogen-bond donors (Lipinski definition) is 0. The number of thiophene rings is 1. The zero-order valence-corrected chi connectivity index (χ0v) is 10.0. The molecule has 1 heteroatoms. The second-order valence-electron chi connectivity index (χ2n) is 3.92. The fourth-order valence-electron chi connectivity index (χ4n) is 1.67. The van der Waals surface area contributed by atoms with Crippen LogP contribution in [0.25, 0.3) is 0 Å². The Hall–Kier alpha value is -0.300. The highest BCUT2D eigenvalue weighted by molar-refractivity contribution is 7.07. The first kappa shape index (κ1) is 11.8. The number of aryl methyl sites for hydroxylation is 1. The molecular formula is C13H21S. The number of rotatable bonds is 8. The predicted molar refractivity (Wildman–Crippen MR) is 64.9 cm³/mol. The molecule has 1 aromatic heterocycles. The van der Waals surface area contributed by atoms with Crippen molar-refractivity contribution in [1.29, 1.82) is 0 Å². The summed E-state index contributed by atoms with van der Waals surface area (Å²) >= 11 is 1.69. The Morgan fingerprint density at radius 2 is 1.79 bits per heavy atom. The van der Waals surface area contributed by atoms with E-state index < -0.39 is 0 Å². The van der Waals surface area contributed by atoms with Crippen molar-refractivity contribution in [3.63, 3.8) is 0 Å². The largest absolute Gasteiger partial charge is 0.143 e. The van der Waals surface area contributed by atoms with Gasteiger partial charge in [-0.3, -0.25) is 0 Å². The highest BCUT2D eigenvalue weighted by atomic mass is 32.1. The van der Waals surface area contributed by atoms with Crippen molar-refractivity contribution in [2.45, 2.75) is 58.3 Å². The summed E-state index contributed by atoms with van der Waals surface area (Å²) in [6.07, 6.45) is 11.0. The van der Waals surface area contributed by atoms with Crippen molar-refractivity contribution >= 4 is 11.3 Å². The van der Waals surface area contributed by atoms with Gasteiger partial charge in [0.2, 0.25) is 0 Å². The highest BCUT2D eigenvalue weighted by Crippen LogP contribution is 2.11. The van der Waals surface area contributed by atoms with Gasteiger partial charge in [0.15, 0.2) is 0 Å². The lowest BCUT2D eigenvalue weighted by Crippen LogP contribution is -1.83. The van der Waals surface area contributed by atoms with E-state index in [1.165, 1.54) is 56.9 Å². The summed E-state index contributed by atoms with van der Waals surface area (Å²) in [4.78, 5) is 0. The molecule has 0 fully saturated rings. The molecule has 0 saturated carbocycles. The topological polar surface area (TPSA) is 0 Å². The Morgan fingerprint density at radius 3 is 2.43 bits per heavy atom. The summed E-state index contributed by atoms with van der Waals surface area (Å²) in [5, 5.41) is 5.41. The summed E-state index contributed by atoms with van der Waals surface area (Å²) in [5.74, 6) is 0. The van der Waals surface area contributed by atoms with Crippen LogP contribution in [-0.2, 0) is 6.42 Å². The van der Waals surface area contributed by atoms with Crippen LogP contribution in [0.5, 0.6) is 0 Å². The van der Waals surface area contributed by atoms with E-state index in [9.17, 15) is 0 Å². The minimum Gasteiger partial charge on any atom is -0.143 e. The summed E-state index contributed by atoms with van der Waals surface area (Å²) in [6.45, 7) is 2.27. The molecule has 1 rings (SSSR count). The minimum absolute atomic E-state index is 1.23. The van der Waals surface area contributed by atoms with Gasteiger partial charge in [0.1, 0.15) is 0 Å². The molecule has 14 heavy (non-hydrogen) atoms. The van der Waals surface area contributed by atoms with Crippen molar-refractivity contribution in [2.24, 2.45) is 0 Å². The van der Waals surface area contributed by atoms with Gasteiger partial charge in [-0.25, -0.2) is 0 Å². The molecule has 0 nitrogen and oxygen atoms in total. The van der Waals surface area contributed by atoms with Gasteiger partial charge in [0.25, 0.3) is 0 Å². The molecule has 0 spiro atoms. The predicted octanol–water partition coefficient (Wildman–Crippen LogP) is 4.84. The quantitative estimate of drug-likeness (QED) is 0.537. The molecule has 0 aliphatic carbocycles. The average Bonchev–Trinajstić information content (AvgIpc) is 2.69. The van der Waals surface area contributed by atoms with Gasteiger partial charge in [0, 0.05) is 5.38 Å².